The second kappa shape index (κ2) is 7.70. The van der Waals surface area contributed by atoms with E-state index in [0.29, 0.717) is 6.04 Å². The summed E-state index contributed by atoms with van der Waals surface area (Å²) in [7, 11) is 0. The quantitative estimate of drug-likeness (QED) is 0.844. The van der Waals surface area contributed by atoms with Crippen molar-refractivity contribution in [3.8, 4) is 0 Å². The van der Waals surface area contributed by atoms with Crippen LogP contribution < -0.4 is 5.32 Å². The highest BCUT2D eigenvalue weighted by Gasteiger charge is 2.32. The van der Waals surface area contributed by atoms with Crippen LogP contribution in [0.25, 0.3) is 0 Å². The summed E-state index contributed by atoms with van der Waals surface area (Å²) in [6, 6.07) is 0.510. The topological polar surface area (TPSA) is 50.2 Å². The van der Waals surface area contributed by atoms with Gasteiger partial charge in [0.05, 0.1) is 0 Å². The molecule has 138 valence electrons. The first kappa shape index (κ1) is 17.4. The van der Waals surface area contributed by atoms with Crippen LogP contribution in [0.2, 0.25) is 0 Å². The van der Waals surface area contributed by atoms with Gasteiger partial charge < -0.3 is 10.2 Å². The summed E-state index contributed by atoms with van der Waals surface area (Å²) >= 11 is 1.94. The second-order valence-electron chi connectivity index (χ2n) is 7.69. The molecule has 1 amide bonds. The van der Waals surface area contributed by atoms with Gasteiger partial charge in [0.1, 0.15) is 0 Å². The van der Waals surface area contributed by atoms with Crippen molar-refractivity contribution in [2.45, 2.75) is 58.0 Å². The van der Waals surface area contributed by atoms with E-state index < -0.39 is 0 Å². The van der Waals surface area contributed by atoms with Gasteiger partial charge >= 0.3 is 0 Å². The molecule has 6 heteroatoms. The lowest BCUT2D eigenvalue weighted by Crippen LogP contribution is -2.40. The van der Waals surface area contributed by atoms with Crippen LogP contribution in [0.5, 0.6) is 0 Å². The summed E-state index contributed by atoms with van der Waals surface area (Å²) in [6.45, 7) is 5.98. The maximum atomic E-state index is 13.1. The number of nitrogens with one attached hydrogen (secondary N) is 1. The van der Waals surface area contributed by atoms with E-state index in [2.05, 4.69) is 16.9 Å². The van der Waals surface area contributed by atoms with Gasteiger partial charge in [0.2, 0.25) is 0 Å². The first-order valence-corrected chi connectivity index (χ1v) is 11.1. The predicted molar refractivity (Wildman–Crippen MR) is 102 cm³/mol. The van der Waals surface area contributed by atoms with Crippen molar-refractivity contribution in [2.24, 2.45) is 5.92 Å². The Morgan fingerprint density at radius 1 is 1.28 bits per heavy atom. The molecule has 1 atom stereocenters. The van der Waals surface area contributed by atoms with E-state index in [1.165, 1.54) is 30.5 Å². The van der Waals surface area contributed by atoms with E-state index in [1.54, 1.807) is 0 Å². The highest BCUT2D eigenvalue weighted by molar-refractivity contribution is 7.99. The van der Waals surface area contributed by atoms with Crippen molar-refractivity contribution >= 4 is 17.7 Å². The van der Waals surface area contributed by atoms with Gasteiger partial charge in [-0.05, 0) is 51.0 Å². The standard InChI is InChI=1S/C19H30N4OS/c1-2-7-23-17-6-5-15(20-13-14-3-4-14)12-16(17)18(21-23)19(24)22-8-10-25-11-9-22/h14-15,20H,2-13H2,1H3. The predicted octanol–water partition coefficient (Wildman–Crippen LogP) is 2.34. The van der Waals surface area contributed by atoms with Gasteiger partial charge in [-0.1, -0.05) is 6.92 Å². The Kier molecular flexibility index (Phi) is 5.36. The van der Waals surface area contributed by atoms with Crippen LogP contribution in [0.1, 0.15) is 54.4 Å². The Balaban J connectivity index is 1.54. The molecular formula is C19H30N4OS. The first-order valence-electron chi connectivity index (χ1n) is 9.95. The van der Waals surface area contributed by atoms with Crippen molar-refractivity contribution in [3.63, 3.8) is 0 Å². The number of carbonyl (C=O) groups is 1. The van der Waals surface area contributed by atoms with Gasteiger partial charge in [0, 0.05) is 48.4 Å². The monoisotopic (exact) mass is 362 g/mol. The van der Waals surface area contributed by atoms with Gasteiger partial charge in [0.15, 0.2) is 5.69 Å². The summed E-state index contributed by atoms with van der Waals surface area (Å²) in [5.41, 5.74) is 3.30. The van der Waals surface area contributed by atoms with Crippen LogP contribution in [-0.4, -0.2) is 57.8 Å². The Morgan fingerprint density at radius 2 is 2.08 bits per heavy atom. The number of amides is 1. The van der Waals surface area contributed by atoms with Crippen molar-refractivity contribution in [3.05, 3.63) is 17.0 Å². The summed E-state index contributed by atoms with van der Waals surface area (Å²) in [5, 5.41) is 8.54. The minimum atomic E-state index is 0.161. The molecule has 1 saturated carbocycles. The number of hydrogen-bond acceptors (Lipinski definition) is 4. The van der Waals surface area contributed by atoms with Gasteiger partial charge in [-0.15, -0.1) is 0 Å². The number of thioether (sulfide) groups is 1. The molecule has 4 rings (SSSR count). The fraction of sp³-hybridized carbons (Fsp3) is 0.789. The molecule has 1 unspecified atom stereocenters. The van der Waals surface area contributed by atoms with Gasteiger partial charge in [-0.25, -0.2) is 0 Å². The fourth-order valence-electron chi connectivity index (χ4n) is 4.00. The van der Waals surface area contributed by atoms with E-state index in [4.69, 9.17) is 5.10 Å². The molecule has 5 nitrogen and oxygen atoms in total. The zero-order valence-corrected chi connectivity index (χ0v) is 16.1. The molecule has 3 aliphatic rings. The molecule has 1 aromatic heterocycles. The molecule has 2 aliphatic carbocycles. The minimum absolute atomic E-state index is 0.161. The SMILES string of the molecule is CCCn1nc(C(=O)N2CCSCC2)c2c1CCC(NCC1CC1)C2. The Bertz CT molecular complexity index is 619. The Morgan fingerprint density at radius 3 is 2.80 bits per heavy atom. The van der Waals surface area contributed by atoms with Gasteiger partial charge in [-0.3, -0.25) is 9.48 Å². The van der Waals surface area contributed by atoms with E-state index in [0.717, 1.165) is 68.6 Å². The van der Waals surface area contributed by atoms with Crippen molar-refractivity contribution in [1.29, 1.82) is 0 Å². The summed E-state index contributed by atoms with van der Waals surface area (Å²) < 4.78 is 2.12. The van der Waals surface area contributed by atoms with Crippen LogP contribution in [-0.2, 0) is 19.4 Å². The maximum Gasteiger partial charge on any atom is 0.274 e. The van der Waals surface area contributed by atoms with E-state index >= 15 is 0 Å². The van der Waals surface area contributed by atoms with Crippen LogP contribution in [0.3, 0.4) is 0 Å². The number of rotatable bonds is 6. The lowest BCUT2D eigenvalue weighted by molar-refractivity contribution is 0.0764. The molecular weight excluding hydrogens is 332 g/mol. The molecule has 2 fully saturated rings. The Hall–Kier alpha value is -1.01. The zero-order chi connectivity index (χ0) is 17.2. The highest BCUT2D eigenvalue weighted by Crippen LogP contribution is 2.30. The number of aromatic nitrogens is 2. The lowest BCUT2D eigenvalue weighted by Gasteiger charge is -2.27. The van der Waals surface area contributed by atoms with E-state index in [1.807, 2.05) is 16.7 Å². The van der Waals surface area contributed by atoms with Crippen LogP contribution in [0.4, 0.5) is 0 Å². The zero-order valence-electron chi connectivity index (χ0n) is 15.3. The molecule has 2 heterocycles. The van der Waals surface area contributed by atoms with Crippen LogP contribution in [0, 0.1) is 5.92 Å². The molecule has 1 aliphatic heterocycles. The number of carbonyl (C=O) groups excluding carboxylic acids is 1. The van der Waals surface area contributed by atoms with Crippen LogP contribution >= 0.6 is 11.8 Å². The molecule has 1 N–H and O–H groups in total. The van der Waals surface area contributed by atoms with Gasteiger partial charge in [-0.2, -0.15) is 16.9 Å². The third-order valence-electron chi connectivity index (χ3n) is 5.68. The number of fused-ring (bicyclic) bond motifs is 1. The molecule has 0 spiro atoms. The average molecular weight is 363 g/mol. The lowest BCUT2D eigenvalue weighted by atomic mass is 9.91. The number of hydrogen-bond donors (Lipinski definition) is 1. The van der Waals surface area contributed by atoms with Crippen molar-refractivity contribution < 1.29 is 4.79 Å². The number of aryl methyl sites for hydroxylation is 1. The largest absolute Gasteiger partial charge is 0.336 e. The first-order chi connectivity index (χ1) is 12.3. The average Bonchev–Trinajstić information content (AvgIpc) is 3.42. The van der Waals surface area contributed by atoms with Gasteiger partial charge in [0.25, 0.3) is 5.91 Å². The van der Waals surface area contributed by atoms with Crippen molar-refractivity contribution in [1.82, 2.24) is 20.0 Å². The highest BCUT2D eigenvalue weighted by atomic mass is 32.2. The molecule has 0 bridgehead atoms. The molecule has 25 heavy (non-hydrogen) atoms. The second-order valence-corrected chi connectivity index (χ2v) is 8.92. The summed E-state index contributed by atoms with van der Waals surface area (Å²) in [6.07, 6.45) is 7.02. The third kappa shape index (κ3) is 3.90. The summed E-state index contributed by atoms with van der Waals surface area (Å²) in [5.74, 6) is 3.16. The smallest absolute Gasteiger partial charge is 0.274 e. The Labute approximate surface area is 154 Å². The minimum Gasteiger partial charge on any atom is -0.336 e. The molecule has 1 saturated heterocycles. The summed E-state index contributed by atoms with van der Waals surface area (Å²) in [4.78, 5) is 15.1. The normalized spacial score (nSPS) is 23.6. The fourth-order valence-corrected chi connectivity index (χ4v) is 4.91. The third-order valence-corrected chi connectivity index (χ3v) is 6.62. The number of nitrogens with zero attached hydrogens (tertiary/aromatic N) is 3. The molecule has 0 aromatic carbocycles. The van der Waals surface area contributed by atoms with Crippen molar-refractivity contribution in [2.75, 3.05) is 31.1 Å². The van der Waals surface area contributed by atoms with Crippen LogP contribution in [0.15, 0.2) is 0 Å². The maximum absolute atomic E-state index is 13.1. The van der Waals surface area contributed by atoms with E-state index in [-0.39, 0.29) is 5.91 Å². The van der Waals surface area contributed by atoms with E-state index in [9.17, 15) is 4.79 Å². The molecule has 1 aromatic rings. The molecule has 0 radical (unpaired) electrons.